The Bertz CT molecular complexity index is 365. The summed E-state index contributed by atoms with van der Waals surface area (Å²) in [5.41, 5.74) is 1.82. The zero-order valence-electron chi connectivity index (χ0n) is 6.15. The van der Waals surface area contributed by atoms with E-state index in [2.05, 4.69) is 15.4 Å². The highest BCUT2D eigenvalue weighted by Gasteiger charge is 1.93. The van der Waals surface area contributed by atoms with E-state index < -0.39 is 0 Å². The highest BCUT2D eigenvalue weighted by molar-refractivity contribution is 5.44. The van der Waals surface area contributed by atoms with Crippen molar-refractivity contribution in [3.8, 4) is 0 Å². The summed E-state index contributed by atoms with van der Waals surface area (Å²) in [5.74, 6) is 0. The molecule has 0 aliphatic carbocycles. The molecule has 0 aromatic carbocycles. The lowest BCUT2D eigenvalue weighted by molar-refractivity contribution is 0.940. The fourth-order valence-corrected chi connectivity index (χ4v) is 0.939. The van der Waals surface area contributed by atoms with Crippen molar-refractivity contribution in [1.29, 1.82) is 0 Å². The van der Waals surface area contributed by atoms with Crippen LogP contribution in [0.5, 0.6) is 0 Å². The van der Waals surface area contributed by atoms with Crippen LogP contribution in [0, 0.1) is 0 Å². The molecular weight excluding hydrogens is 140 g/mol. The molecular formula is C7H8N4. The Balaban J connectivity index is 2.67. The van der Waals surface area contributed by atoms with Gasteiger partial charge in [-0.05, 0) is 0 Å². The highest BCUT2D eigenvalue weighted by atomic mass is 15.2. The number of hydrogen-bond acceptors (Lipinski definition) is 3. The second kappa shape index (κ2) is 2.23. The molecule has 2 aromatic heterocycles. The molecule has 1 N–H and O–H groups in total. The van der Waals surface area contributed by atoms with E-state index in [0.29, 0.717) is 0 Å². The first-order valence-corrected chi connectivity index (χ1v) is 3.37. The van der Waals surface area contributed by atoms with Crippen LogP contribution in [0.1, 0.15) is 0 Å². The summed E-state index contributed by atoms with van der Waals surface area (Å²) in [5, 5.41) is 7.03. The van der Waals surface area contributed by atoms with Gasteiger partial charge in [0.2, 0.25) is 0 Å². The number of nitrogens with one attached hydrogen (secondary N) is 1. The van der Waals surface area contributed by atoms with Crippen molar-refractivity contribution in [1.82, 2.24) is 14.6 Å². The predicted molar refractivity (Wildman–Crippen MR) is 42.5 cm³/mol. The summed E-state index contributed by atoms with van der Waals surface area (Å²) < 4.78 is 1.73. The molecule has 0 amide bonds. The first-order valence-electron chi connectivity index (χ1n) is 3.37. The van der Waals surface area contributed by atoms with E-state index in [0.717, 1.165) is 11.3 Å². The number of fused-ring (bicyclic) bond motifs is 1. The van der Waals surface area contributed by atoms with E-state index in [9.17, 15) is 0 Å². The summed E-state index contributed by atoms with van der Waals surface area (Å²) in [7, 11) is 1.85. The van der Waals surface area contributed by atoms with Gasteiger partial charge >= 0.3 is 0 Å². The molecule has 0 spiro atoms. The third kappa shape index (κ3) is 0.920. The van der Waals surface area contributed by atoms with Gasteiger partial charge in [0.15, 0.2) is 5.65 Å². The first kappa shape index (κ1) is 6.15. The van der Waals surface area contributed by atoms with Gasteiger partial charge in [0.05, 0.1) is 24.3 Å². The Labute approximate surface area is 63.9 Å². The third-order valence-corrected chi connectivity index (χ3v) is 1.54. The molecule has 56 valence electrons. The maximum atomic E-state index is 4.15. The second-order valence-corrected chi connectivity index (χ2v) is 2.23. The van der Waals surface area contributed by atoms with Gasteiger partial charge in [-0.2, -0.15) is 5.10 Å². The average molecular weight is 148 g/mol. The fourth-order valence-electron chi connectivity index (χ4n) is 0.939. The number of rotatable bonds is 1. The van der Waals surface area contributed by atoms with Gasteiger partial charge in [-0.1, -0.05) is 0 Å². The van der Waals surface area contributed by atoms with E-state index in [1.165, 1.54) is 0 Å². The normalized spacial score (nSPS) is 10.3. The molecule has 0 radical (unpaired) electrons. The van der Waals surface area contributed by atoms with Crippen molar-refractivity contribution in [2.75, 3.05) is 12.4 Å². The van der Waals surface area contributed by atoms with Crippen molar-refractivity contribution in [2.45, 2.75) is 0 Å². The monoisotopic (exact) mass is 148 g/mol. The van der Waals surface area contributed by atoms with Gasteiger partial charge in [0.1, 0.15) is 0 Å². The molecule has 0 saturated heterocycles. The van der Waals surface area contributed by atoms with Gasteiger partial charge in [-0.3, -0.25) is 0 Å². The number of anilines is 1. The van der Waals surface area contributed by atoms with Crippen LogP contribution in [0.2, 0.25) is 0 Å². The lowest BCUT2D eigenvalue weighted by atomic mass is 10.5. The van der Waals surface area contributed by atoms with E-state index in [1.807, 2.05) is 19.3 Å². The van der Waals surface area contributed by atoms with Crippen molar-refractivity contribution in [3.05, 3.63) is 24.7 Å². The number of nitrogens with zero attached hydrogens (tertiary/aromatic N) is 3. The highest BCUT2D eigenvalue weighted by Crippen LogP contribution is 2.04. The summed E-state index contributed by atoms with van der Waals surface area (Å²) >= 11 is 0. The summed E-state index contributed by atoms with van der Waals surface area (Å²) in [6, 6.07) is 1.86. The van der Waals surface area contributed by atoms with E-state index >= 15 is 0 Å². The smallest absolute Gasteiger partial charge is 0.155 e. The molecule has 0 atom stereocenters. The lowest BCUT2D eigenvalue weighted by Crippen LogP contribution is -1.94. The molecule has 4 nitrogen and oxygen atoms in total. The molecule has 11 heavy (non-hydrogen) atoms. The van der Waals surface area contributed by atoms with Gasteiger partial charge in [-0.15, -0.1) is 0 Å². The molecule has 0 saturated carbocycles. The van der Waals surface area contributed by atoms with Crippen molar-refractivity contribution >= 4 is 11.3 Å². The number of aromatic nitrogens is 3. The van der Waals surface area contributed by atoms with Crippen LogP contribution in [0.4, 0.5) is 5.69 Å². The molecule has 2 aromatic rings. The predicted octanol–water partition coefficient (Wildman–Crippen LogP) is 0.771. The first-order chi connectivity index (χ1) is 5.40. The van der Waals surface area contributed by atoms with E-state index in [4.69, 9.17) is 0 Å². The topological polar surface area (TPSA) is 42.2 Å². The molecule has 2 rings (SSSR count). The minimum Gasteiger partial charge on any atom is -0.386 e. The molecule has 0 bridgehead atoms. The lowest BCUT2D eigenvalue weighted by Gasteiger charge is -1.97. The van der Waals surface area contributed by atoms with Crippen LogP contribution in [-0.2, 0) is 0 Å². The van der Waals surface area contributed by atoms with Crippen LogP contribution in [0.15, 0.2) is 24.7 Å². The Hall–Kier alpha value is -1.58. The summed E-state index contributed by atoms with van der Waals surface area (Å²) in [4.78, 5) is 4.15. The maximum absolute atomic E-state index is 4.15. The largest absolute Gasteiger partial charge is 0.386 e. The molecule has 0 aliphatic heterocycles. The van der Waals surface area contributed by atoms with Crippen molar-refractivity contribution in [2.24, 2.45) is 0 Å². The Morgan fingerprint density at radius 1 is 1.55 bits per heavy atom. The maximum Gasteiger partial charge on any atom is 0.155 e. The van der Waals surface area contributed by atoms with Gasteiger partial charge in [0.25, 0.3) is 0 Å². The minimum absolute atomic E-state index is 0.865. The summed E-state index contributed by atoms with van der Waals surface area (Å²) in [6.07, 6.45) is 5.39. The molecule has 0 fully saturated rings. The van der Waals surface area contributed by atoms with Crippen molar-refractivity contribution in [3.63, 3.8) is 0 Å². The van der Waals surface area contributed by atoms with Crippen LogP contribution in [-0.4, -0.2) is 21.6 Å². The second-order valence-electron chi connectivity index (χ2n) is 2.23. The molecule has 0 aliphatic rings. The Kier molecular flexibility index (Phi) is 1.25. The van der Waals surface area contributed by atoms with Gasteiger partial charge in [-0.25, -0.2) is 9.50 Å². The van der Waals surface area contributed by atoms with E-state index in [-0.39, 0.29) is 0 Å². The van der Waals surface area contributed by atoms with Gasteiger partial charge in [0, 0.05) is 13.1 Å². The molecule has 4 heteroatoms. The standard InChI is InChI=1S/C7H8N4/c1-8-6-4-9-7-2-3-10-11(7)5-6/h2-5,8H,1H3. The quantitative estimate of drug-likeness (QED) is 0.649. The Morgan fingerprint density at radius 2 is 2.45 bits per heavy atom. The molecule has 0 unspecified atom stereocenters. The third-order valence-electron chi connectivity index (χ3n) is 1.54. The van der Waals surface area contributed by atoms with Crippen molar-refractivity contribution < 1.29 is 0 Å². The van der Waals surface area contributed by atoms with Crippen LogP contribution >= 0.6 is 0 Å². The fraction of sp³-hybridized carbons (Fsp3) is 0.143. The minimum atomic E-state index is 0.865. The molecule has 2 heterocycles. The number of hydrogen-bond donors (Lipinski definition) is 1. The summed E-state index contributed by atoms with van der Waals surface area (Å²) in [6.45, 7) is 0. The van der Waals surface area contributed by atoms with Crippen LogP contribution < -0.4 is 5.32 Å². The zero-order valence-corrected chi connectivity index (χ0v) is 6.15. The SMILES string of the molecule is CNc1cnc2ccnn2c1. The Morgan fingerprint density at radius 3 is 3.27 bits per heavy atom. The van der Waals surface area contributed by atoms with E-state index in [1.54, 1.807) is 16.9 Å². The average Bonchev–Trinajstić information content (AvgIpc) is 2.50. The van der Waals surface area contributed by atoms with Crippen LogP contribution in [0.3, 0.4) is 0 Å². The zero-order chi connectivity index (χ0) is 7.68. The van der Waals surface area contributed by atoms with Gasteiger partial charge < -0.3 is 5.32 Å². The van der Waals surface area contributed by atoms with Crippen LogP contribution in [0.25, 0.3) is 5.65 Å².